The van der Waals surface area contributed by atoms with Crippen LogP contribution in [0.1, 0.15) is 35.1 Å². The number of benzene rings is 3. The summed E-state index contributed by atoms with van der Waals surface area (Å²) in [5, 5.41) is 3.27. The van der Waals surface area contributed by atoms with Crippen LogP contribution in [0.25, 0.3) is 0 Å². The molecule has 2 amide bonds. The second-order valence-electron chi connectivity index (χ2n) is 8.95. The Labute approximate surface area is 196 Å². The molecule has 0 bridgehead atoms. The number of urea groups is 1. The highest BCUT2D eigenvalue weighted by Crippen LogP contribution is 2.16. The number of hydrogen-bond acceptors (Lipinski definition) is 2. The van der Waals surface area contributed by atoms with E-state index in [4.69, 9.17) is 0 Å². The molecule has 172 valence electrons. The average Bonchev–Trinajstić information content (AvgIpc) is 2.83. The maximum atomic E-state index is 13.3. The van der Waals surface area contributed by atoms with E-state index in [0.717, 1.165) is 49.2 Å². The monoisotopic (exact) mass is 445 g/mol. The molecule has 0 unspecified atom stereocenters. The second kappa shape index (κ2) is 11.1. The van der Waals surface area contributed by atoms with E-state index < -0.39 is 0 Å². The van der Waals surface area contributed by atoms with E-state index in [-0.39, 0.29) is 17.9 Å². The summed E-state index contributed by atoms with van der Waals surface area (Å²) in [7, 11) is 0. The maximum Gasteiger partial charge on any atom is 0.318 e. The van der Waals surface area contributed by atoms with Gasteiger partial charge in [-0.1, -0.05) is 72.3 Å². The molecule has 4 rings (SSSR count). The molecule has 1 heterocycles. The van der Waals surface area contributed by atoms with E-state index in [1.165, 1.54) is 17.7 Å². The fourth-order valence-electron chi connectivity index (χ4n) is 4.27. The largest absolute Gasteiger partial charge is 0.335 e. The molecule has 0 spiro atoms. The highest BCUT2D eigenvalue weighted by atomic mass is 19.1. The van der Waals surface area contributed by atoms with Crippen LogP contribution in [0.4, 0.5) is 9.18 Å². The lowest BCUT2D eigenvalue weighted by atomic mass is 10.0. The molecular formula is C28H32FN3O. The van der Waals surface area contributed by atoms with E-state index in [0.29, 0.717) is 13.1 Å². The van der Waals surface area contributed by atoms with Crippen molar-refractivity contribution in [3.8, 4) is 0 Å². The minimum atomic E-state index is -0.203. The van der Waals surface area contributed by atoms with Crippen molar-refractivity contribution in [3.63, 3.8) is 0 Å². The first-order chi connectivity index (χ1) is 16.0. The third-order valence-corrected chi connectivity index (χ3v) is 6.23. The average molecular weight is 446 g/mol. The molecule has 3 aromatic carbocycles. The Morgan fingerprint density at radius 3 is 2.09 bits per heavy atom. The first kappa shape index (κ1) is 23.0. The Bertz CT molecular complexity index is 1010. The topological polar surface area (TPSA) is 35.6 Å². The Morgan fingerprint density at radius 1 is 0.879 bits per heavy atom. The molecule has 4 nitrogen and oxygen atoms in total. The van der Waals surface area contributed by atoms with Gasteiger partial charge < -0.3 is 10.2 Å². The molecule has 1 N–H and O–H groups in total. The molecule has 0 aromatic heterocycles. The van der Waals surface area contributed by atoms with Gasteiger partial charge in [0.1, 0.15) is 5.82 Å². The zero-order chi connectivity index (χ0) is 23.0. The number of likely N-dealkylation sites (tertiary alicyclic amines) is 1. The van der Waals surface area contributed by atoms with Gasteiger partial charge in [-0.3, -0.25) is 4.90 Å². The van der Waals surface area contributed by atoms with Crippen LogP contribution >= 0.6 is 0 Å². The number of rotatable bonds is 7. The van der Waals surface area contributed by atoms with E-state index >= 15 is 0 Å². The fraction of sp³-hybridized carbons (Fsp3) is 0.321. The molecular weight excluding hydrogens is 413 g/mol. The smallest absolute Gasteiger partial charge is 0.318 e. The molecule has 0 saturated carbocycles. The quantitative estimate of drug-likeness (QED) is 0.520. The van der Waals surface area contributed by atoms with Gasteiger partial charge in [-0.25, -0.2) is 9.18 Å². The number of nitrogens with zero attached hydrogens (tertiary/aromatic N) is 2. The van der Waals surface area contributed by atoms with Gasteiger partial charge in [0.15, 0.2) is 0 Å². The van der Waals surface area contributed by atoms with Crippen LogP contribution in [0.15, 0.2) is 78.9 Å². The van der Waals surface area contributed by atoms with Crippen molar-refractivity contribution in [3.05, 3.63) is 107 Å². The maximum absolute atomic E-state index is 13.3. The van der Waals surface area contributed by atoms with Gasteiger partial charge in [-0.05, 0) is 48.6 Å². The third kappa shape index (κ3) is 6.90. The molecule has 0 atom stereocenters. The minimum Gasteiger partial charge on any atom is -0.335 e. The summed E-state index contributed by atoms with van der Waals surface area (Å²) < 4.78 is 13.1. The number of piperidine rings is 1. The van der Waals surface area contributed by atoms with E-state index in [2.05, 4.69) is 53.5 Å². The van der Waals surface area contributed by atoms with Crippen LogP contribution < -0.4 is 5.32 Å². The first-order valence-corrected chi connectivity index (χ1v) is 11.7. The molecule has 1 saturated heterocycles. The van der Waals surface area contributed by atoms with Crippen LogP contribution in [0, 0.1) is 12.7 Å². The Morgan fingerprint density at radius 2 is 1.45 bits per heavy atom. The standard InChI is InChI=1S/C28H32FN3O/c1-22-7-9-25(10-8-22)21-32(20-23-5-3-2-4-6-23)28(33)30-27-15-17-31(18-16-27)19-24-11-13-26(29)14-12-24/h2-14,27H,15-21H2,1H3,(H,30,33). The SMILES string of the molecule is Cc1ccc(CN(Cc2ccccc2)C(=O)NC2CCN(Cc3ccc(F)cc3)CC2)cc1. The van der Waals surface area contributed by atoms with Crippen molar-refractivity contribution in [2.75, 3.05) is 13.1 Å². The van der Waals surface area contributed by atoms with Crippen molar-refractivity contribution in [2.24, 2.45) is 0 Å². The van der Waals surface area contributed by atoms with Crippen LogP contribution in [-0.2, 0) is 19.6 Å². The van der Waals surface area contributed by atoms with Crippen molar-refractivity contribution in [1.82, 2.24) is 15.1 Å². The molecule has 3 aromatic rings. The lowest BCUT2D eigenvalue weighted by Gasteiger charge is -2.34. The number of nitrogens with one attached hydrogen (secondary N) is 1. The summed E-state index contributed by atoms with van der Waals surface area (Å²) in [5.41, 5.74) is 4.57. The first-order valence-electron chi connectivity index (χ1n) is 11.7. The molecule has 5 heteroatoms. The van der Waals surface area contributed by atoms with Crippen molar-refractivity contribution >= 4 is 6.03 Å². The fourth-order valence-corrected chi connectivity index (χ4v) is 4.27. The molecule has 1 fully saturated rings. The molecule has 0 aliphatic carbocycles. The Hall–Kier alpha value is -3.18. The van der Waals surface area contributed by atoms with E-state index in [1.54, 1.807) is 0 Å². The van der Waals surface area contributed by atoms with Gasteiger partial charge in [0.25, 0.3) is 0 Å². The number of carbonyl (C=O) groups is 1. The van der Waals surface area contributed by atoms with Crippen molar-refractivity contribution in [1.29, 1.82) is 0 Å². The number of carbonyl (C=O) groups excluding carboxylic acids is 1. The number of aryl methyl sites for hydroxylation is 1. The summed E-state index contributed by atoms with van der Waals surface area (Å²) in [6, 6.07) is 25.3. The predicted octanol–water partition coefficient (Wildman–Crippen LogP) is 5.51. The zero-order valence-electron chi connectivity index (χ0n) is 19.2. The van der Waals surface area contributed by atoms with Crippen molar-refractivity contribution in [2.45, 2.75) is 45.4 Å². The van der Waals surface area contributed by atoms with Crippen LogP contribution in [0.3, 0.4) is 0 Å². The van der Waals surface area contributed by atoms with Crippen molar-refractivity contribution < 1.29 is 9.18 Å². The van der Waals surface area contributed by atoms with Gasteiger partial charge in [0, 0.05) is 38.8 Å². The number of amides is 2. The predicted molar refractivity (Wildman–Crippen MR) is 130 cm³/mol. The van der Waals surface area contributed by atoms with E-state index in [9.17, 15) is 9.18 Å². The van der Waals surface area contributed by atoms with Gasteiger partial charge in [0.05, 0.1) is 0 Å². The molecule has 33 heavy (non-hydrogen) atoms. The summed E-state index contributed by atoms with van der Waals surface area (Å²) in [6.07, 6.45) is 1.83. The molecule has 1 aliphatic heterocycles. The third-order valence-electron chi connectivity index (χ3n) is 6.23. The summed E-state index contributed by atoms with van der Waals surface area (Å²) in [4.78, 5) is 17.5. The normalized spacial score (nSPS) is 14.7. The highest BCUT2D eigenvalue weighted by molar-refractivity contribution is 5.74. The number of hydrogen-bond donors (Lipinski definition) is 1. The highest BCUT2D eigenvalue weighted by Gasteiger charge is 2.23. The Kier molecular flexibility index (Phi) is 7.74. The summed E-state index contributed by atoms with van der Waals surface area (Å²) in [5.74, 6) is -0.203. The number of halogens is 1. The van der Waals surface area contributed by atoms with Gasteiger partial charge >= 0.3 is 6.03 Å². The lowest BCUT2D eigenvalue weighted by molar-refractivity contribution is 0.165. The van der Waals surface area contributed by atoms with Crippen LogP contribution in [0.5, 0.6) is 0 Å². The van der Waals surface area contributed by atoms with Crippen LogP contribution in [-0.4, -0.2) is 35.0 Å². The second-order valence-corrected chi connectivity index (χ2v) is 8.95. The van der Waals surface area contributed by atoms with E-state index in [1.807, 2.05) is 35.2 Å². The molecule has 0 radical (unpaired) electrons. The summed E-state index contributed by atoms with van der Waals surface area (Å²) in [6.45, 7) is 5.86. The van der Waals surface area contributed by atoms with Gasteiger partial charge in [-0.15, -0.1) is 0 Å². The lowest BCUT2D eigenvalue weighted by Crippen LogP contribution is -2.48. The van der Waals surface area contributed by atoms with Gasteiger partial charge in [-0.2, -0.15) is 0 Å². The summed E-state index contributed by atoms with van der Waals surface area (Å²) >= 11 is 0. The zero-order valence-corrected chi connectivity index (χ0v) is 19.2. The Balaban J connectivity index is 1.34. The molecule has 1 aliphatic rings. The van der Waals surface area contributed by atoms with Gasteiger partial charge in [0.2, 0.25) is 0 Å². The minimum absolute atomic E-state index is 0.0172. The van der Waals surface area contributed by atoms with Crippen LogP contribution in [0.2, 0.25) is 0 Å².